The summed E-state index contributed by atoms with van der Waals surface area (Å²) in [5.74, 6) is 0. The van der Waals surface area contributed by atoms with E-state index in [0.717, 1.165) is 12.8 Å². The Kier molecular flexibility index (Phi) is 5.98. The maximum atomic E-state index is 12.8. The Labute approximate surface area is 121 Å². The predicted molar refractivity (Wildman–Crippen MR) is 81.1 cm³/mol. The molecule has 0 heterocycles. The lowest BCUT2D eigenvalue weighted by molar-refractivity contribution is 0.252. The molecule has 0 radical (unpaired) electrons. The Morgan fingerprint density at radius 3 is 2.20 bits per heavy atom. The zero-order valence-corrected chi connectivity index (χ0v) is 13.2. The largest absolute Gasteiger partial charge is 0.399 e. The van der Waals surface area contributed by atoms with E-state index in [9.17, 15) is 8.42 Å². The highest BCUT2D eigenvalue weighted by atomic mass is 32.2. The van der Waals surface area contributed by atoms with Crippen molar-refractivity contribution in [3.8, 4) is 0 Å². The Bertz CT molecular complexity index is 533. The van der Waals surface area contributed by atoms with Gasteiger partial charge in [0.15, 0.2) is 0 Å². The molecule has 114 valence electrons. The molecule has 0 aliphatic carbocycles. The molecular weight excluding hydrogens is 276 g/mol. The van der Waals surface area contributed by atoms with E-state index in [1.165, 1.54) is 4.31 Å². The third-order valence-corrected chi connectivity index (χ3v) is 5.40. The molecule has 0 aliphatic rings. The molecule has 0 spiro atoms. The van der Waals surface area contributed by atoms with E-state index in [1.807, 2.05) is 6.92 Å². The number of nitrogens with two attached hydrogens (primary N) is 1. The van der Waals surface area contributed by atoms with Gasteiger partial charge in [0.05, 0.1) is 11.5 Å². The number of rotatable bonds is 7. The van der Waals surface area contributed by atoms with Crippen molar-refractivity contribution >= 4 is 15.7 Å². The summed E-state index contributed by atoms with van der Waals surface area (Å²) in [6.07, 6.45) is 1.67. The van der Waals surface area contributed by atoms with Crippen molar-refractivity contribution in [1.82, 2.24) is 4.31 Å². The summed E-state index contributed by atoms with van der Waals surface area (Å²) in [7, 11) is -3.60. The number of hydrogen-bond donors (Lipinski definition) is 2. The van der Waals surface area contributed by atoms with Crippen molar-refractivity contribution in [2.24, 2.45) is 0 Å². The highest BCUT2D eigenvalue weighted by Gasteiger charge is 2.27. The SMILES string of the molecule is CCCCN(CCO)S(=O)(=O)c1c(C)cc(N)cc1C. The van der Waals surface area contributed by atoms with E-state index < -0.39 is 10.0 Å². The number of anilines is 1. The van der Waals surface area contributed by atoms with Crippen LogP contribution in [0.25, 0.3) is 0 Å². The fraction of sp³-hybridized carbons (Fsp3) is 0.571. The van der Waals surface area contributed by atoms with E-state index >= 15 is 0 Å². The summed E-state index contributed by atoms with van der Waals surface area (Å²) in [5.41, 5.74) is 7.58. The van der Waals surface area contributed by atoms with Gasteiger partial charge in [0.25, 0.3) is 0 Å². The first-order valence-corrected chi connectivity index (χ1v) is 8.26. The Morgan fingerprint density at radius 1 is 1.20 bits per heavy atom. The molecule has 1 aromatic carbocycles. The summed E-state index contributed by atoms with van der Waals surface area (Å²) < 4.78 is 26.9. The van der Waals surface area contributed by atoms with Gasteiger partial charge in [-0.2, -0.15) is 4.31 Å². The van der Waals surface area contributed by atoms with Crippen LogP contribution in [0.2, 0.25) is 0 Å². The van der Waals surface area contributed by atoms with Crippen LogP contribution in [-0.2, 0) is 10.0 Å². The first-order valence-electron chi connectivity index (χ1n) is 6.82. The summed E-state index contributed by atoms with van der Waals surface area (Å²) in [5, 5.41) is 9.10. The molecule has 5 nitrogen and oxygen atoms in total. The quantitative estimate of drug-likeness (QED) is 0.750. The number of aliphatic hydroxyl groups excluding tert-OH is 1. The number of nitrogen functional groups attached to an aromatic ring is 1. The predicted octanol–water partition coefficient (Wildman–Crippen LogP) is 1.67. The van der Waals surface area contributed by atoms with Gasteiger partial charge in [-0.3, -0.25) is 0 Å². The highest BCUT2D eigenvalue weighted by molar-refractivity contribution is 7.89. The minimum absolute atomic E-state index is 0.117. The zero-order valence-electron chi connectivity index (χ0n) is 12.4. The van der Waals surface area contributed by atoms with Crippen molar-refractivity contribution in [2.75, 3.05) is 25.4 Å². The van der Waals surface area contributed by atoms with Gasteiger partial charge in [0.1, 0.15) is 0 Å². The molecule has 0 aliphatic heterocycles. The fourth-order valence-electron chi connectivity index (χ4n) is 2.32. The molecule has 0 bridgehead atoms. The fourth-order valence-corrected chi connectivity index (χ4v) is 4.20. The number of sulfonamides is 1. The average Bonchev–Trinajstić information content (AvgIpc) is 2.32. The van der Waals surface area contributed by atoms with Crippen LogP contribution in [0.3, 0.4) is 0 Å². The van der Waals surface area contributed by atoms with Crippen molar-refractivity contribution in [3.63, 3.8) is 0 Å². The maximum absolute atomic E-state index is 12.8. The van der Waals surface area contributed by atoms with Crippen LogP contribution < -0.4 is 5.73 Å². The van der Waals surface area contributed by atoms with Crippen LogP contribution in [0.15, 0.2) is 17.0 Å². The van der Waals surface area contributed by atoms with Crippen LogP contribution in [-0.4, -0.2) is 37.5 Å². The third kappa shape index (κ3) is 3.71. The van der Waals surface area contributed by atoms with Gasteiger partial charge in [-0.15, -0.1) is 0 Å². The molecule has 0 amide bonds. The molecule has 0 aromatic heterocycles. The monoisotopic (exact) mass is 300 g/mol. The second kappa shape index (κ2) is 7.06. The molecule has 1 aromatic rings. The molecule has 1 rings (SSSR count). The number of nitrogens with zero attached hydrogens (tertiary/aromatic N) is 1. The molecule has 0 saturated carbocycles. The van der Waals surface area contributed by atoms with E-state index in [2.05, 4.69) is 0 Å². The molecule has 3 N–H and O–H groups in total. The summed E-state index contributed by atoms with van der Waals surface area (Å²) in [4.78, 5) is 0.302. The van der Waals surface area contributed by atoms with E-state index in [0.29, 0.717) is 28.3 Å². The van der Waals surface area contributed by atoms with Crippen LogP contribution in [0, 0.1) is 13.8 Å². The Balaban J connectivity index is 3.26. The van der Waals surface area contributed by atoms with E-state index in [1.54, 1.807) is 26.0 Å². The van der Waals surface area contributed by atoms with E-state index in [4.69, 9.17) is 10.8 Å². The lowest BCUT2D eigenvalue weighted by atomic mass is 10.1. The molecular formula is C14H24N2O3S. The third-order valence-electron chi connectivity index (χ3n) is 3.19. The van der Waals surface area contributed by atoms with Crippen LogP contribution in [0.5, 0.6) is 0 Å². The van der Waals surface area contributed by atoms with Gasteiger partial charge in [0, 0.05) is 18.8 Å². The number of aryl methyl sites for hydroxylation is 2. The Hall–Kier alpha value is -1.11. The lowest BCUT2D eigenvalue weighted by Gasteiger charge is -2.23. The summed E-state index contributed by atoms with van der Waals surface area (Å²) in [6.45, 7) is 5.84. The standard InChI is InChI=1S/C14H24N2O3S/c1-4-5-6-16(7-8-17)20(18,19)14-11(2)9-13(15)10-12(14)3/h9-10,17H,4-8,15H2,1-3H3. The molecule has 0 fully saturated rings. The molecule has 20 heavy (non-hydrogen) atoms. The Morgan fingerprint density at radius 2 is 1.75 bits per heavy atom. The number of benzene rings is 1. The highest BCUT2D eigenvalue weighted by Crippen LogP contribution is 2.26. The van der Waals surface area contributed by atoms with Crippen LogP contribution in [0.4, 0.5) is 5.69 Å². The second-order valence-corrected chi connectivity index (χ2v) is 6.84. The normalized spacial score (nSPS) is 12.1. The van der Waals surface area contributed by atoms with Crippen molar-refractivity contribution < 1.29 is 13.5 Å². The lowest BCUT2D eigenvalue weighted by Crippen LogP contribution is -2.35. The minimum Gasteiger partial charge on any atom is -0.399 e. The minimum atomic E-state index is -3.60. The summed E-state index contributed by atoms with van der Waals surface area (Å²) >= 11 is 0. The van der Waals surface area contributed by atoms with Gasteiger partial charge in [0.2, 0.25) is 10.0 Å². The van der Waals surface area contributed by atoms with Gasteiger partial charge in [-0.05, 0) is 43.5 Å². The maximum Gasteiger partial charge on any atom is 0.243 e. The summed E-state index contributed by atoms with van der Waals surface area (Å²) in [6, 6.07) is 3.33. The van der Waals surface area contributed by atoms with Crippen molar-refractivity contribution in [2.45, 2.75) is 38.5 Å². The number of unbranched alkanes of at least 4 members (excludes halogenated alkanes) is 1. The topological polar surface area (TPSA) is 83.6 Å². The zero-order chi connectivity index (χ0) is 15.3. The molecule has 6 heteroatoms. The van der Waals surface area contributed by atoms with Gasteiger partial charge >= 0.3 is 0 Å². The smallest absolute Gasteiger partial charge is 0.243 e. The molecule has 0 atom stereocenters. The molecule has 0 unspecified atom stereocenters. The first kappa shape index (κ1) is 16.9. The van der Waals surface area contributed by atoms with Gasteiger partial charge in [-0.25, -0.2) is 8.42 Å². The van der Waals surface area contributed by atoms with Crippen molar-refractivity contribution in [3.05, 3.63) is 23.3 Å². The van der Waals surface area contributed by atoms with Crippen LogP contribution >= 0.6 is 0 Å². The van der Waals surface area contributed by atoms with E-state index in [-0.39, 0.29) is 13.2 Å². The van der Waals surface area contributed by atoms with Gasteiger partial charge < -0.3 is 10.8 Å². The van der Waals surface area contributed by atoms with Crippen molar-refractivity contribution in [1.29, 1.82) is 0 Å². The second-order valence-electron chi connectivity index (χ2n) is 4.97. The number of aliphatic hydroxyl groups is 1. The number of hydrogen-bond acceptors (Lipinski definition) is 4. The molecule has 0 saturated heterocycles. The average molecular weight is 300 g/mol. The van der Waals surface area contributed by atoms with Crippen LogP contribution in [0.1, 0.15) is 30.9 Å². The first-order chi connectivity index (χ1) is 9.34. The van der Waals surface area contributed by atoms with Gasteiger partial charge in [-0.1, -0.05) is 13.3 Å².